The Labute approximate surface area is 137 Å². The number of rotatable bonds is 7. The molecule has 128 valence electrons. The van der Waals surface area contributed by atoms with Gasteiger partial charge in [-0.2, -0.15) is 0 Å². The number of carbonyl (C=O) groups excluding carboxylic acids is 1. The van der Waals surface area contributed by atoms with Crippen LogP contribution in [0.4, 0.5) is 0 Å². The van der Waals surface area contributed by atoms with Crippen LogP contribution >= 0.6 is 0 Å². The normalized spacial score (nSPS) is 18.8. The summed E-state index contributed by atoms with van der Waals surface area (Å²) in [6.45, 7) is 2.50. The molecule has 8 heteroatoms. The van der Waals surface area contributed by atoms with Gasteiger partial charge >= 0.3 is 0 Å². The second-order valence-electron chi connectivity index (χ2n) is 5.74. The number of pyridine rings is 1. The average Bonchev–Trinajstić information content (AvgIpc) is 2.56. The Balaban J connectivity index is 1.80. The van der Waals surface area contributed by atoms with Crippen LogP contribution in [0.15, 0.2) is 29.4 Å². The molecule has 1 unspecified atom stereocenters. The SMILES string of the molecule is CNCC1CCCN(C(=O)CCNS(=O)(=O)c2cccnc2)C1. The fourth-order valence-electron chi connectivity index (χ4n) is 2.79. The molecule has 0 aliphatic carbocycles. The summed E-state index contributed by atoms with van der Waals surface area (Å²) in [6.07, 6.45) is 5.10. The van der Waals surface area contributed by atoms with E-state index in [2.05, 4.69) is 15.0 Å². The lowest BCUT2D eigenvalue weighted by molar-refractivity contribution is -0.132. The maximum Gasteiger partial charge on any atom is 0.242 e. The van der Waals surface area contributed by atoms with Gasteiger partial charge in [0.1, 0.15) is 4.90 Å². The Morgan fingerprint density at radius 2 is 2.30 bits per heavy atom. The van der Waals surface area contributed by atoms with Crippen molar-refractivity contribution in [1.29, 1.82) is 0 Å². The summed E-state index contributed by atoms with van der Waals surface area (Å²) in [4.78, 5) is 18.0. The van der Waals surface area contributed by atoms with Crippen molar-refractivity contribution in [2.75, 3.05) is 33.2 Å². The molecule has 1 aromatic rings. The summed E-state index contributed by atoms with van der Waals surface area (Å²) in [5.41, 5.74) is 0. The van der Waals surface area contributed by atoms with Crippen LogP contribution in [0.2, 0.25) is 0 Å². The molecule has 0 saturated carbocycles. The lowest BCUT2D eigenvalue weighted by atomic mass is 9.98. The van der Waals surface area contributed by atoms with E-state index in [1.807, 2.05) is 11.9 Å². The van der Waals surface area contributed by atoms with Crippen LogP contribution in [-0.2, 0) is 14.8 Å². The first-order chi connectivity index (χ1) is 11.0. The standard InChI is InChI=1S/C15H24N4O3S/c1-16-10-13-4-3-9-19(12-13)15(20)6-8-18-23(21,22)14-5-2-7-17-11-14/h2,5,7,11,13,16,18H,3-4,6,8-10,12H2,1H3. The molecule has 0 radical (unpaired) electrons. The molecule has 2 N–H and O–H groups in total. The molecule has 1 fully saturated rings. The third kappa shape index (κ3) is 5.26. The highest BCUT2D eigenvalue weighted by Gasteiger charge is 2.23. The Morgan fingerprint density at radius 1 is 1.48 bits per heavy atom. The van der Waals surface area contributed by atoms with Gasteiger partial charge in [-0.25, -0.2) is 13.1 Å². The molecule has 7 nitrogen and oxygen atoms in total. The number of nitrogens with one attached hydrogen (secondary N) is 2. The van der Waals surface area contributed by atoms with Crippen LogP contribution in [0.1, 0.15) is 19.3 Å². The van der Waals surface area contributed by atoms with E-state index in [0.29, 0.717) is 5.92 Å². The van der Waals surface area contributed by atoms with Gasteiger partial charge in [0.2, 0.25) is 15.9 Å². The topological polar surface area (TPSA) is 91.4 Å². The maximum absolute atomic E-state index is 12.2. The molecular formula is C15H24N4O3S. The van der Waals surface area contributed by atoms with Crippen molar-refractivity contribution in [3.63, 3.8) is 0 Å². The van der Waals surface area contributed by atoms with Crippen LogP contribution < -0.4 is 10.0 Å². The number of aromatic nitrogens is 1. The van der Waals surface area contributed by atoms with Crippen LogP contribution in [-0.4, -0.2) is 57.4 Å². The average molecular weight is 340 g/mol. The molecule has 0 spiro atoms. The number of likely N-dealkylation sites (tertiary alicyclic amines) is 1. The Bertz CT molecular complexity index is 604. The summed E-state index contributed by atoms with van der Waals surface area (Å²) in [6, 6.07) is 3.04. The fourth-order valence-corrected chi connectivity index (χ4v) is 3.78. The molecule has 0 bridgehead atoms. The van der Waals surface area contributed by atoms with E-state index in [-0.39, 0.29) is 23.8 Å². The highest BCUT2D eigenvalue weighted by Crippen LogP contribution is 2.16. The monoisotopic (exact) mass is 340 g/mol. The van der Waals surface area contributed by atoms with Gasteiger partial charge in [-0.05, 0) is 44.5 Å². The van der Waals surface area contributed by atoms with Gasteiger partial charge in [-0.15, -0.1) is 0 Å². The van der Waals surface area contributed by atoms with Gasteiger partial charge in [0, 0.05) is 38.4 Å². The Hall–Kier alpha value is -1.51. The molecule has 1 aliphatic rings. The van der Waals surface area contributed by atoms with Gasteiger partial charge in [0.05, 0.1) is 0 Å². The molecule has 1 amide bonds. The summed E-state index contributed by atoms with van der Waals surface area (Å²) < 4.78 is 26.5. The second kappa shape index (κ2) is 8.37. The number of amides is 1. The summed E-state index contributed by atoms with van der Waals surface area (Å²) in [7, 11) is -1.69. The third-order valence-corrected chi connectivity index (χ3v) is 5.39. The van der Waals surface area contributed by atoms with Crippen molar-refractivity contribution in [3.05, 3.63) is 24.5 Å². The predicted molar refractivity (Wildman–Crippen MR) is 87.3 cm³/mol. The van der Waals surface area contributed by atoms with E-state index in [0.717, 1.165) is 32.5 Å². The number of piperidine rings is 1. The van der Waals surface area contributed by atoms with Crippen molar-refractivity contribution in [3.8, 4) is 0 Å². The van der Waals surface area contributed by atoms with Gasteiger partial charge in [0.25, 0.3) is 0 Å². The van der Waals surface area contributed by atoms with E-state index < -0.39 is 10.0 Å². The first-order valence-electron chi connectivity index (χ1n) is 7.85. The molecule has 2 heterocycles. The van der Waals surface area contributed by atoms with E-state index >= 15 is 0 Å². The van der Waals surface area contributed by atoms with Crippen molar-refractivity contribution in [1.82, 2.24) is 19.9 Å². The van der Waals surface area contributed by atoms with Gasteiger partial charge in [-0.1, -0.05) is 0 Å². The molecule has 23 heavy (non-hydrogen) atoms. The smallest absolute Gasteiger partial charge is 0.242 e. The molecule has 1 aliphatic heterocycles. The summed E-state index contributed by atoms with van der Waals surface area (Å²) in [5, 5.41) is 3.14. The minimum absolute atomic E-state index is 0.000287. The quantitative estimate of drug-likeness (QED) is 0.740. The van der Waals surface area contributed by atoms with Crippen LogP contribution in [0.25, 0.3) is 0 Å². The number of hydrogen-bond acceptors (Lipinski definition) is 5. The van der Waals surface area contributed by atoms with Crippen molar-refractivity contribution < 1.29 is 13.2 Å². The van der Waals surface area contributed by atoms with Crippen molar-refractivity contribution in [2.24, 2.45) is 5.92 Å². The van der Waals surface area contributed by atoms with Gasteiger partial charge in [-0.3, -0.25) is 9.78 Å². The van der Waals surface area contributed by atoms with Crippen LogP contribution in [0.3, 0.4) is 0 Å². The number of carbonyl (C=O) groups is 1. The van der Waals surface area contributed by atoms with E-state index in [9.17, 15) is 13.2 Å². The first kappa shape index (κ1) is 17.8. The molecule has 1 aromatic heterocycles. The van der Waals surface area contributed by atoms with E-state index in [1.165, 1.54) is 18.5 Å². The summed E-state index contributed by atoms with van der Waals surface area (Å²) in [5.74, 6) is 0.476. The zero-order valence-electron chi connectivity index (χ0n) is 13.4. The molecule has 2 rings (SSSR count). The predicted octanol–water partition coefficient (Wildman–Crippen LogP) is 0.208. The maximum atomic E-state index is 12.2. The zero-order valence-corrected chi connectivity index (χ0v) is 14.2. The van der Waals surface area contributed by atoms with Crippen LogP contribution in [0, 0.1) is 5.92 Å². The van der Waals surface area contributed by atoms with E-state index in [1.54, 1.807) is 6.07 Å². The summed E-state index contributed by atoms with van der Waals surface area (Å²) >= 11 is 0. The minimum Gasteiger partial charge on any atom is -0.342 e. The molecule has 1 saturated heterocycles. The zero-order chi connectivity index (χ0) is 16.7. The molecular weight excluding hydrogens is 316 g/mol. The van der Waals surface area contributed by atoms with Crippen molar-refractivity contribution in [2.45, 2.75) is 24.2 Å². The van der Waals surface area contributed by atoms with Gasteiger partial charge in [0.15, 0.2) is 0 Å². The second-order valence-corrected chi connectivity index (χ2v) is 7.51. The van der Waals surface area contributed by atoms with E-state index in [4.69, 9.17) is 0 Å². The molecule has 0 aromatic carbocycles. The van der Waals surface area contributed by atoms with Crippen molar-refractivity contribution >= 4 is 15.9 Å². The largest absolute Gasteiger partial charge is 0.342 e. The lowest BCUT2D eigenvalue weighted by Crippen LogP contribution is -2.43. The molecule has 1 atom stereocenters. The highest BCUT2D eigenvalue weighted by molar-refractivity contribution is 7.89. The minimum atomic E-state index is -3.60. The number of hydrogen-bond donors (Lipinski definition) is 2. The third-order valence-electron chi connectivity index (χ3n) is 3.94. The Kier molecular flexibility index (Phi) is 6.49. The lowest BCUT2D eigenvalue weighted by Gasteiger charge is -2.32. The van der Waals surface area contributed by atoms with Gasteiger partial charge < -0.3 is 10.2 Å². The number of nitrogens with zero attached hydrogens (tertiary/aromatic N) is 2. The highest BCUT2D eigenvalue weighted by atomic mass is 32.2. The fraction of sp³-hybridized carbons (Fsp3) is 0.600. The first-order valence-corrected chi connectivity index (χ1v) is 9.33. The number of sulfonamides is 1. The van der Waals surface area contributed by atoms with Crippen LogP contribution in [0.5, 0.6) is 0 Å². The Morgan fingerprint density at radius 3 is 3.00 bits per heavy atom.